The Kier molecular flexibility index (Phi) is 16.4. The third-order valence-electron chi connectivity index (χ3n) is 14.3. The van der Waals surface area contributed by atoms with E-state index >= 15 is 0 Å². The minimum Gasteiger partial charge on any atom is -0.463 e. The number of ketones is 1. The fourth-order valence-corrected chi connectivity index (χ4v) is 9.66. The fourth-order valence-electron chi connectivity index (χ4n) is 9.66. The number of Topliss-reactive ketones (excluding diaryl/α,β-unsaturated/α-hetero) is 1. The molecular weight excluding hydrogens is 943 g/mol. The van der Waals surface area contributed by atoms with Crippen LogP contribution in [0, 0.1) is 23.7 Å². The number of nitrogens with two attached hydrogens (primary N) is 1. The predicted molar refractivity (Wildman–Crippen MR) is 267 cm³/mol. The number of esters is 3. The number of aromatic nitrogens is 2. The number of nitrogens with one attached hydrogen (secondary N) is 1. The van der Waals surface area contributed by atoms with Gasteiger partial charge in [0.05, 0.1) is 40.7 Å². The smallest absolute Gasteiger partial charge is 0.410 e. The molecule has 1 saturated heterocycles. The van der Waals surface area contributed by atoms with Gasteiger partial charge in [-0.05, 0) is 68.0 Å². The van der Waals surface area contributed by atoms with Crippen molar-refractivity contribution in [3.63, 3.8) is 0 Å². The number of nitrogens with zero attached hydrogens (tertiary/aromatic N) is 3. The molecule has 3 aliphatic rings. The topological polar surface area (TPSA) is 254 Å². The molecule has 392 valence electrons. The molecule has 7 rings (SSSR count). The summed E-state index contributed by atoms with van der Waals surface area (Å²) in [5.74, 6) is -4.08. The molecule has 3 aliphatic heterocycles. The summed E-state index contributed by atoms with van der Waals surface area (Å²) in [5, 5.41) is 15.1. The van der Waals surface area contributed by atoms with Crippen molar-refractivity contribution < 1.29 is 62.3 Å². The fraction of sp³-hybridized carbons (Fsp3) is 0.519. The van der Waals surface area contributed by atoms with Gasteiger partial charge in [0.2, 0.25) is 12.2 Å². The van der Waals surface area contributed by atoms with Crippen molar-refractivity contribution in [3.8, 4) is 17.1 Å². The minimum atomic E-state index is -1.98. The normalized spacial score (nSPS) is 21.8. The quantitative estimate of drug-likeness (QED) is 0.0666. The van der Waals surface area contributed by atoms with Gasteiger partial charge in [0, 0.05) is 67.1 Å². The van der Waals surface area contributed by atoms with E-state index in [-0.39, 0.29) is 97.5 Å². The van der Waals surface area contributed by atoms with Gasteiger partial charge < -0.3 is 54.0 Å². The number of aliphatic hydroxyl groups is 1. The summed E-state index contributed by atoms with van der Waals surface area (Å²) in [5.41, 5.74) is 8.26. The van der Waals surface area contributed by atoms with Gasteiger partial charge in [0.15, 0.2) is 11.4 Å². The van der Waals surface area contributed by atoms with Crippen LogP contribution in [0.5, 0.6) is 5.75 Å². The van der Waals surface area contributed by atoms with Crippen molar-refractivity contribution in [1.29, 1.82) is 0 Å². The summed E-state index contributed by atoms with van der Waals surface area (Å²) >= 11 is 0. The molecule has 0 bridgehead atoms. The van der Waals surface area contributed by atoms with E-state index in [1.54, 1.807) is 47.6 Å². The van der Waals surface area contributed by atoms with Crippen LogP contribution in [0.25, 0.3) is 22.3 Å². The molecule has 19 heteroatoms. The first-order chi connectivity index (χ1) is 34.5. The Balaban J connectivity index is 1.13. The van der Waals surface area contributed by atoms with Crippen molar-refractivity contribution in [3.05, 3.63) is 86.7 Å². The Morgan fingerprint density at radius 3 is 2.37 bits per heavy atom. The maximum atomic E-state index is 14.1. The number of carbonyl (C=O) groups is 6. The van der Waals surface area contributed by atoms with Crippen LogP contribution in [0.3, 0.4) is 0 Å². The SMILES string of the molecule is CC[C@@]1(O)C(=O)OCc2c1cc1n(c2=O)Cc2c-1nc1ccccc1c2CCN(C(=O)OCc1ccc(NC(=O)[C@H](C)CC(=O)[C@@H](N)C(C)C)c(O[C@@H]2O[C@H](COC(C)=O)[C@H](OC(C)=O)[C@H](C)[C@H]2C)c1)C(C)C. The third-order valence-corrected chi connectivity index (χ3v) is 14.3. The van der Waals surface area contributed by atoms with E-state index in [2.05, 4.69) is 5.32 Å². The Labute approximate surface area is 424 Å². The summed E-state index contributed by atoms with van der Waals surface area (Å²) in [6.45, 7) is 16.6. The molecule has 4 aromatic rings. The number of cyclic esters (lactones) is 1. The van der Waals surface area contributed by atoms with E-state index in [1.165, 1.54) is 13.8 Å². The Morgan fingerprint density at radius 2 is 1.70 bits per heavy atom. The Bertz CT molecular complexity index is 2860. The maximum absolute atomic E-state index is 14.1. The van der Waals surface area contributed by atoms with Crippen LogP contribution in [0.4, 0.5) is 10.5 Å². The molecule has 0 radical (unpaired) electrons. The number of benzene rings is 2. The molecule has 2 amide bonds. The highest BCUT2D eigenvalue weighted by atomic mass is 16.7. The van der Waals surface area contributed by atoms with Crippen molar-refractivity contribution in [1.82, 2.24) is 14.5 Å². The first-order valence-electron chi connectivity index (χ1n) is 24.9. The van der Waals surface area contributed by atoms with Gasteiger partial charge in [-0.1, -0.05) is 65.8 Å². The summed E-state index contributed by atoms with van der Waals surface area (Å²) in [7, 11) is 0. The first kappa shape index (κ1) is 54.1. The van der Waals surface area contributed by atoms with E-state index in [0.29, 0.717) is 28.9 Å². The number of pyridine rings is 2. The number of hydrogen-bond donors (Lipinski definition) is 3. The highest BCUT2D eigenvalue weighted by Gasteiger charge is 2.47. The van der Waals surface area contributed by atoms with Gasteiger partial charge in [-0.3, -0.25) is 24.0 Å². The van der Waals surface area contributed by atoms with E-state index < -0.39 is 71.9 Å². The number of amides is 2. The van der Waals surface area contributed by atoms with E-state index in [1.807, 2.05) is 65.8 Å². The lowest BCUT2D eigenvalue weighted by atomic mass is 9.84. The van der Waals surface area contributed by atoms with Crippen LogP contribution < -0.4 is 21.3 Å². The molecule has 73 heavy (non-hydrogen) atoms. The number of para-hydroxylation sites is 1. The molecule has 19 nitrogen and oxygen atoms in total. The second-order valence-electron chi connectivity index (χ2n) is 20.0. The van der Waals surface area contributed by atoms with Crippen molar-refractivity contribution in [2.45, 2.75) is 144 Å². The average molecular weight is 1010 g/mol. The number of ether oxygens (including phenoxy) is 6. The minimum absolute atomic E-state index is 0.0121. The van der Waals surface area contributed by atoms with Crippen LogP contribution in [0.15, 0.2) is 53.3 Å². The van der Waals surface area contributed by atoms with E-state index in [4.69, 9.17) is 39.1 Å². The Morgan fingerprint density at radius 1 is 0.973 bits per heavy atom. The number of fused-ring (bicyclic) bond motifs is 5. The zero-order valence-electron chi connectivity index (χ0n) is 43.1. The van der Waals surface area contributed by atoms with Crippen molar-refractivity contribution in [2.24, 2.45) is 29.4 Å². The maximum Gasteiger partial charge on any atom is 0.410 e. The van der Waals surface area contributed by atoms with Crippen molar-refractivity contribution >= 4 is 52.3 Å². The zero-order chi connectivity index (χ0) is 53.2. The zero-order valence-corrected chi connectivity index (χ0v) is 43.1. The molecule has 2 aromatic heterocycles. The lowest BCUT2D eigenvalue weighted by molar-refractivity contribution is -0.247. The second kappa shape index (κ2) is 22.2. The lowest BCUT2D eigenvalue weighted by Crippen LogP contribution is -2.54. The molecule has 4 N–H and O–H groups in total. The summed E-state index contributed by atoms with van der Waals surface area (Å²) in [6, 6.07) is 13.1. The van der Waals surface area contributed by atoms with Crippen molar-refractivity contribution in [2.75, 3.05) is 18.5 Å². The number of hydrogen-bond acceptors (Lipinski definition) is 16. The molecule has 2 aromatic carbocycles. The van der Waals surface area contributed by atoms with E-state index in [0.717, 1.165) is 16.5 Å². The van der Waals surface area contributed by atoms with Gasteiger partial charge in [-0.2, -0.15) is 0 Å². The largest absolute Gasteiger partial charge is 0.463 e. The summed E-state index contributed by atoms with van der Waals surface area (Å²) in [4.78, 5) is 98.1. The van der Waals surface area contributed by atoms with Crippen LogP contribution in [0.1, 0.15) is 110 Å². The predicted octanol–water partition coefficient (Wildman–Crippen LogP) is 6.06. The van der Waals surface area contributed by atoms with Crippen LogP contribution >= 0.6 is 0 Å². The van der Waals surface area contributed by atoms with Crippen LogP contribution in [-0.2, 0) is 79.4 Å². The molecule has 0 aliphatic carbocycles. The van der Waals surface area contributed by atoms with Gasteiger partial charge >= 0.3 is 24.0 Å². The van der Waals surface area contributed by atoms with Gasteiger partial charge in [-0.25, -0.2) is 14.6 Å². The number of rotatable bonds is 18. The van der Waals surface area contributed by atoms with Gasteiger partial charge in [0.1, 0.15) is 37.8 Å². The van der Waals surface area contributed by atoms with Crippen LogP contribution in [0.2, 0.25) is 0 Å². The van der Waals surface area contributed by atoms with Crippen LogP contribution in [-0.4, -0.2) is 99.0 Å². The number of carbonyl (C=O) groups excluding carboxylic acids is 6. The lowest BCUT2D eigenvalue weighted by Gasteiger charge is -2.43. The molecular formula is C54H67N5O14. The highest BCUT2D eigenvalue weighted by Crippen LogP contribution is 2.41. The monoisotopic (exact) mass is 1010 g/mol. The number of anilines is 1. The second-order valence-corrected chi connectivity index (χ2v) is 20.0. The molecule has 0 saturated carbocycles. The molecule has 0 unspecified atom stereocenters. The standard InChI is InChI=1S/C54H67N5O14/c1-11-54(67)39-22-42-47-37(23-59(42)50(64)38(39)25-69-52(54)65)35(36-14-12-13-15-40(36)56-47)18-19-58(28(4)5)53(66)70-24-34-16-17-41(57-49(63)29(6)20-43(62)46(55)27(2)3)44(21-34)72-51-31(8)30(7)48(71-33(10)61)45(73-51)26-68-32(9)60/h12-17,21-22,27-31,45-46,48,51,67H,11,18-20,23-26,55H2,1-10H3,(H,57,63)/t29-,30-,31-,45-,46+,48-,51-,54+/m1/s1. The molecule has 8 atom stereocenters. The molecule has 0 spiro atoms. The van der Waals surface area contributed by atoms with Gasteiger partial charge in [-0.15, -0.1) is 0 Å². The third kappa shape index (κ3) is 11.3. The van der Waals surface area contributed by atoms with E-state index in [9.17, 15) is 38.7 Å². The molecule has 5 heterocycles. The summed E-state index contributed by atoms with van der Waals surface area (Å²) in [6.07, 6.45) is -3.00. The highest BCUT2D eigenvalue weighted by molar-refractivity contribution is 5.97. The van der Waals surface area contributed by atoms with Gasteiger partial charge in [0.25, 0.3) is 5.56 Å². The Hall–Kier alpha value is -6.70. The summed E-state index contributed by atoms with van der Waals surface area (Å²) < 4.78 is 36.6. The first-order valence-corrected chi connectivity index (χ1v) is 24.9. The molecule has 1 fully saturated rings. The average Bonchev–Trinajstić information content (AvgIpc) is 3.72.